The molecule has 0 atom stereocenters. The third-order valence-electron chi connectivity index (χ3n) is 3.13. The molecule has 3 heteroatoms. The van der Waals surface area contributed by atoms with Crippen LogP contribution in [0.1, 0.15) is 23.2 Å². The first-order valence-corrected chi connectivity index (χ1v) is 5.59. The first kappa shape index (κ1) is 10.9. The van der Waals surface area contributed by atoms with Crippen molar-refractivity contribution in [1.29, 1.82) is 0 Å². The van der Waals surface area contributed by atoms with E-state index in [0.717, 1.165) is 44.2 Å². The standard InChI is InChI=1S/C13H15NO2/c15-9-11-1-3-13(4-2-11)14-7-5-12(10-16)6-8-14/h1-4,9-10,12H,5-8H2. The molecular weight excluding hydrogens is 202 g/mol. The predicted octanol–water partition coefficient (Wildman–Crippen LogP) is 1.91. The Morgan fingerprint density at radius 1 is 1.06 bits per heavy atom. The summed E-state index contributed by atoms with van der Waals surface area (Å²) in [5, 5.41) is 0. The van der Waals surface area contributed by atoms with Crippen molar-refractivity contribution in [3.63, 3.8) is 0 Å². The van der Waals surface area contributed by atoms with Gasteiger partial charge in [-0.05, 0) is 37.1 Å². The van der Waals surface area contributed by atoms with E-state index in [1.54, 1.807) is 0 Å². The highest BCUT2D eigenvalue weighted by molar-refractivity contribution is 5.75. The molecule has 0 N–H and O–H groups in total. The molecule has 0 aromatic heterocycles. The Morgan fingerprint density at radius 2 is 1.69 bits per heavy atom. The zero-order chi connectivity index (χ0) is 11.4. The fraction of sp³-hybridized carbons (Fsp3) is 0.385. The van der Waals surface area contributed by atoms with Crippen molar-refractivity contribution in [2.24, 2.45) is 5.92 Å². The second kappa shape index (κ2) is 4.92. The lowest BCUT2D eigenvalue weighted by Gasteiger charge is -2.31. The van der Waals surface area contributed by atoms with Crippen LogP contribution in [0.5, 0.6) is 0 Å². The van der Waals surface area contributed by atoms with Gasteiger partial charge in [0.25, 0.3) is 0 Å². The second-order valence-corrected chi connectivity index (χ2v) is 4.17. The van der Waals surface area contributed by atoms with Gasteiger partial charge in [0, 0.05) is 30.3 Å². The van der Waals surface area contributed by atoms with Crippen LogP contribution in [0.25, 0.3) is 0 Å². The molecule has 0 amide bonds. The molecule has 1 aromatic carbocycles. The summed E-state index contributed by atoms with van der Waals surface area (Å²) >= 11 is 0. The van der Waals surface area contributed by atoms with Crippen LogP contribution in [-0.4, -0.2) is 25.7 Å². The van der Waals surface area contributed by atoms with Crippen molar-refractivity contribution < 1.29 is 9.59 Å². The molecule has 3 nitrogen and oxygen atoms in total. The van der Waals surface area contributed by atoms with Gasteiger partial charge in [0.2, 0.25) is 0 Å². The van der Waals surface area contributed by atoms with Gasteiger partial charge in [-0.2, -0.15) is 0 Å². The summed E-state index contributed by atoms with van der Waals surface area (Å²) < 4.78 is 0. The largest absolute Gasteiger partial charge is 0.371 e. The highest BCUT2D eigenvalue weighted by atomic mass is 16.1. The Bertz CT molecular complexity index is 364. The molecule has 0 saturated carbocycles. The van der Waals surface area contributed by atoms with Crippen LogP contribution in [0, 0.1) is 5.92 Å². The van der Waals surface area contributed by atoms with Gasteiger partial charge in [-0.15, -0.1) is 0 Å². The topological polar surface area (TPSA) is 37.4 Å². The van der Waals surface area contributed by atoms with E-state index in [1.807, 2.05) is 24.3 Å². The van der Waals surface area contributed by atoms with Crippen molar-refractivity contribution in [3.05, 3.63) is 29.8 Å². The monoisotopic (exact) mass is 217 g/mol. The number of aldehydes is 2. The van der Waals surface area contributed by atoms with E-state index in [2.05, 4.69) is 4.90 Å². The van der Waals surface area contributed by atoms with Gasteiger partial charge in [0.15, 0.2) is 0 Å². The van der Waals surface area contributed by atoms with Crippen molar-refractivity contribution in [2.75, 3.05) is 18.0 Å². The maximum Gasteiger partial charge on any atom is 0.150 e. The molecule has 16 heavy (non-hydrogen) atoms. The Kier molecular flexibility index (Phi) is 3.34. The van der Waals surface area contributed by atoms with Crippen molar-refractivity contribution in [3.8, 4) is 0 Å². The Labute approximate surface area is 95.1 Å². The molecule has 1 saturated heterocycles. The second-order valence-electron chi connectivity index (χ2n) is 4.17. The van der Waals surface area contributed by atoms with Crippen molar-refractivity contribution >= 4 is 18.3 Å². The van der Waals surface area contributed by atoms with Gasteiger partial charge in [-0.1, -0.05) is 0 Å². The van der Waals surface area contributed by atoms with Crippen LogP contribution in [0.3, 0.4) is 0 Å². The molecule has 0 bridgehead atoms. The molecule has 1 aliphatic rings. The highest BCUT2D eigenvalue weighted by Crippen LogP contribution is 2.22. The first-order chi connectivity index (χ1) is 7.83. The normalized spacial score (nSPS) is 17.1. The molecule has 1 aromatic rings. The number of rotatable bonds is 3. The SMILES string of the molecule is O=Cc1ccc(N2CCC(C=O)CC2)cc1. The summed E-state index contributed by atoms with van der Waals surface area (Å²) in [5.41, 5.74) is 1.83. The van der Waals surface area contributed by atoms with E-state index in [0.29, 0.717) is 5.56 Å². The van der Waals surface area contributed by atoms with E-state index >= 15 is 0 Å². The maximum atomic E-state index is 10.6. The minimum absolute atomic E-state index is 0.227. The smallest absolute Gasteiger partial charge is 0.150 e. The first-order valence-electron chi connectivity index (χ1n) is 5.59. The van der Waals surface area contributed by atoms with Crippen LogP contribution < -0.4 is 4.90 Å². The van der Waals surface area contributed by atoms with Gasteiger partial charge < -0.3 is 9.69 Å². The molecule has 0 spiro atoms. The fourth-order valence-electron chi connectivity index (χ4n) is 2.06. The van der Waals surface area contributed by atoms with Crippen molar-refractivity contribution in [1.82, 2.24) is 0 Å². The lowest BCUT2D eigenvalue weighted by molar-refractivity contribution is -0.111. The van der Waals surface area contributed by atoms with E-state index in [9.17, 15) is 9.59 Å². The molecule has 1 aliphatic heterocycles. The highest BCUT2D eigenvalue weighted by Gasteiger charge is 2.18. The zero-order valence-corrected chi connectivity index (χ0v) is 9.13. The number of carbonyl (C=O) groups excluding carboxylic acids is 2. The van der Waals surface area contributed by atoms with Gasteiger partial charge in [-0.3, -0.25) is 4.79 Å². The maximum absolute atomic E-state index is 10.6. The number of benzene rings is 1. The fourth-order valence-corrected chi connectivity index (χ4v) is 2.06. The van der Waals surface area contributed by atoms with E-state index in [-0.39, 0.29) is 5.92 Å². The lowest BCUT2D eigenvalue weighted by Crippen LogP contribution is -2.34. The van der Waals surface area contributed by atoms with Gasteiger partial charge in [0.1, 0.15) is 12.6 Å². The average molecular weight is 217 g/mol. The zero-order valence-electron chi connectivity index (χ0n) is 9.13. The number of hydrogen-bond acceptors (Lipinski definition) is 3. The number of nitrogens with zero attached hydrogens (tertiary/aromatic N) is 1. The molecule has 2 rings (SSSR count). The summed E-state index contributed by atoms with van der Waals surface area (Å²) in [7, 11) is 0. The van der Waals surface area contributed by atoms with Gasteiger partial charge in [-0.25, -0.2) is 0 Å². The Morgan fingerprint density at radius 3 is 2.19 bits per heavy atom. The average Bonchev–Trinajstić information content (AvgIpc) is 2.39. The lowest BCUT2D eigenvalue weighted by atomic mass is 9.98. The number of piperidine rings is 1. The summed E-state index contributed by atoms with van der Waals surface area (Å²) in [6.07, 6.45) is 3.77. The molecular formula is C13H15NO2. The van der Waals surface area contributed by atoms with Gasteiger partial charge in [0.05, 0.1) is 0 Å². The number of carbonyl (C=O) groups is 2. The van der Waals surface area contributed by atoms with E-state index in [4.69, 9.17) is 0 Å². The molecule has 0 aliphatic carbocycles. The van der Waals surface area contributed by atoms with E-state index in [1.165, 1.54) is 0 Å². The van der Waals surface area contributed by atoms with Crippen LogP contribution in [0.4, 0.5) is 5.69 Å². The molecule has 1 heterocycles. The Hall–Kier alpha value is -1.64. The quantitative estimate of drug-likeness (QED) is 0.726. The number of anilines is 1. The van der Waals surface area contributed by atoms with Crippen LogP contribution >= 0.6 is 0 Å². The molecule has 1 fully saturated rings. The van der Waals surface area contributed by atoms with E-state index < -0.39 is 0 Å². The summed E-state index contributed by atoms with van der Waals surface area (Å²) in [6, 6.07) is 7.58. The van der Waals surface area contributed by atoms with Crippen LogP contribution in [0.15, 0.2) is 24.3 Å². The van der Waals surface area contributed by atoms with Gasteiger partial charge >= 0.3 is 0 Å². The summed E-state index contributed by atoms with van der Waals surface area (Å²) in [6.45, 7) is 1.84. The minimum atomic E-state index is 0.227. The minimum Gasteiger partial charge on any atom is -0.371 e. The molecule has 84 valence electrons. The number of hydrogen-bond donors (Lipinski definition) is 0. The summed E-state index contributed by atoms with van der Waals surface area (Å²) in [4.78, 5) is 23.4. The Balaban J connectivity index is 2.02. The third-order valence-corrected chi connectivity index (χ3v) is 3.13. The van der Waals surface area contributed by atoms with Crippen molar-refractivity contribution in [2.45, 2.75) is 12.8 Å². The predicted molar refractivity (Wildman–Crippen MR) is 62.8 cm³/mol. The third kappa shape index (κ3) is 2.30. The summed E-state index contributed by atoms with van der Waals surface area (Å²) in [5.74, 6) is 0.227. The van der Waals surface area contributed by atoms with Crippen LogP contribution in [0.2, 0.25) is 0 Å². The molecule has 0 radical (unpaired) electrons. The molecule has 0 unspecified atom stereocenters. The van der Waals surface area contributed by atoms with Crippen LogP contribution in [-0.2, 0) is 4.79 Å².